The standard InChI is InChI=1S/C29H39F3N4O.ClH/c1-27(2,3)36-13-12-23(35-36)21-15-24(34-25(21)17-6-9-19(10-7-17)29(30,31)32)26(37)33-16-18-8-11-20-14-22(18)28(20,4)5;/h6-7,9-10,12-13,18,20-22,24-25,34H,8,11,14-16H2,1-5H3,(H,33,37);1H/t18-,20?,21?,22?,24-,25-;/m0./s1. The number of nitrogens with one attached hydrogen (secondary N) is 2. The van der Waals surface area contributed by atoms with E-state index in [9.17, 15) is 18.0 Å². The first-order chi connectivity index (χ1) is 17.2. The SMILES string of the molecule is CC1(C)C2CC[C@@H](CNC(=O)[C@@H]3CC(c4ccn(C(C)(C)C)n4)[C@H](c4ccc(C(F)(F)F)cc4)N3)C1C2.Cl. The second kappa shape index (κ2) is 10.2. The molecule has 6 atom stereocenters. The van der Waals surface area contributed by atoms with Gasteiger partial charge in [0.15, 0.2) is 0 Å². The zero-order valence-electron chi connectivity index (χ0n) is 22.8. The number of amides is 1. The highest BCUT2D eigenvalue weighted by Gasteiger charge is 2.54. The summed E-state index contributed by atoms with van der Waals surface area (Å²) in [6, 6.07) is 6.51. The molecular formula is C29H40ClF3N4O. The third-order valence-corrected chi connectivity index (χ3v) is 9.40. The van der Waals surface area contributed by atoms with E-state index in [2.05, 4.69) is 45.3 Å². The van der Waals surface area contributed by atoms with Crippen LogP contribution in [0.1, 0.15) is 89.1 Å². The number of benzene rings is 1. The molecule has 4 aliphatic rings. The highest BCUT2D eigenvalue weighted by molar-refractivity contribution is 5.85. The number of nitrogens with zero attached hydrogens (tertiary/aromatic N) is 2. The topological polar surface area (TPSA) is 59.0 Å². The fourth-order valence-corrected chi connectivity index (χ4v) is 6.94. The highest BCUT2D eigenvalue weighted by Crippen LogP contribution is 2.61. The van der Waals surface area contributed by atoms with Crippen molar-refractivity contribution in [3.63, 3.8) is 0 Å². The molecule has 2 N–H and O–H groups in total. The summed E-state index contributed by atoms with van der Waals surface area (Å²) in [7, 11) is 0. The molecule has 3 aliphatic carbocycles. The number of hydrogen-bond acceptors (Lipinski definition) is 3. The molecule has 3 saturated carbocycles. The molecule has 0 radical (unpaired) electrons. The van der Waals surface area contributed by atoms with Crippen LogP contribution in [0.15, 0.2) is 36.5 Å². The zero-order chi connectivity index (χ0) is 26.8. The smallest absolute Gasteiger partial charge is 0.354 e. The second-order valence-electron chi connectivity index (χ2n) is 13.0. The van der Waals surface area contributed by atoms with E-state index in [1.54, 1.807) is 0 Å². The molecule has 3 unspecified atom stereocenters. The summed E-state index contributed by atoms with van der Waals surface area (Å²) < 4.78 is 41.4. The molecule has 4 fully saturated rings. The molecule has 0 spiro atoms. The average Bonchev–Trinajstić information content (AvgIpc) is 3.50. The molecule has 9 heteroatoms. The van der Waals surface area contributed by atoms with Gasteiger partial charge in [-0.05, 0) is 93.4 Å². The number of carbonyl (C=O) groups is 1. The third-order valence-electron chi connectivity index (χ3n) is 9.40. The fourth-order valence-electron chi connectivity index (χ4n) is 6.94. The van der Waals surface area contributed by atoms with Gasteiger partial charge in [-0.3, -0.25) is 14.8 Å². The first kappa shape index (κ1) is 28.9. The van der Waals surface area contributed by atoms with E-state index in [1.807, 2.05) is 16.9 Å². The monoisotopic (exact) mass is 552 g/mol. The Hall–Kier alpha value is -2.06. The van der Waals surface area contributed by atoms with Crippen LogP contribution in [0.5, 0.6) is 0 Å². The molecule has 1 aliphatic heterocycles. The first-order valence-corrected chi connectivity index (χ1v) is 13.5. The van der Waals surface area contributed by atoms with Gasteiger partial charge in [-0.2, -0.15) is 18.3 Å². The Morgan fingerprint density at radius 1 is 1.11 bits per heavy atom. The van der Waals surface area contributed by atoms with Crippen molar-refractivity contribution in [2.45, 2.75) is 90.0 Å². The molecule has 210 valence electrons. The van der Waals surface area contributed by atoms with Gasteiger partial charge in [-0.15, -0.1) is 12.4 Å². The molecule has 2 heterocycles. The summed E-state index contributed by atoms with van der Waals surface area (Å²) in [6.07, 6.45) is 1.76. The van der Waals surface area contributed by atoms with Crippen molar-refractivity contribution in [3.05, 3.63) is 53.3 Å². The van der Waals surface area contributed by atoms with Crippen molar-refractivity contribution in [2.75, 3.05) is 6.54 Å². The van der Waals surface area contributed by atoms with E-state index in [1.165, 1.54) is 25.0 Å². The van der Waals surface area contributed by atoms with Crippen LogP contribution in [-0.4, -0.2) is 28.3 Å². The van der Waals surface area contributed by atoms with E-state index in [-0.39, 0.29) is 35.8 Å². The molecule has 6 rings (SSSR count). The minimum Gasteiger partial charge on any atom is -0.354 e. The predicted octanol–water partition coefficient (Wildman–Crippen LogP) is 6.45. The molecule has 5 nitrogen and oxygen atoms in total. The molecule has 2 aromatic rings. The van der Waals surface area contributed by atoms with E-state index in [0.29, 0.717) is 30.2 Å². The molecule has 2 bridgehead atoms. The maximum absolute atomic E-state index is 13.3. The van der Waals surface area contributed by atoms with Gasteiger partial charge in [0.05, 0.1) is 22.8 Å². The van der Waals surface area contributed by atoms with Crippen molar-refractivity contribution in [1.29, 1.82) is 0 Å². The molecule has 1 amide bonds. The molecule has 1 aromatic heterocycles. The van der Waals surface area contributed by atoms with E-state index >= 15 is 0 Å². The van der Waals surface area contributed by atoms with Crippen molar-refractivity contribution in [3.8, 4) is 0 Å². The summed E-state index contributed by atoms with van der Waals surface area (Å²) in [5.74, 6) is 1.83. The zero-order valence-corrected chi connectivity index (χ0v) is 23.6. The Kier molecular flexibility index (Phi) is 7.74. The van der Waals surface area contributed by atoms with E-state index in [0.717, 1.165) is 35.7 Å². The third kappa shape index (κ3) is 5.35. The second-order valence-corrected chi connectivity index (χ2v) is 13.0. The van der Waals surface area contributed by atoms with Crippen LogP contribution in [-0.2, 0) is 16.5 Å². The quantitative estimate of drug-likeness (QED) is 0.448. The Balaban J connectivity index is 0.00000336. The van der Waals surface area contributed by atoms with Crippen molar-refractivity contribution >= 4 is 18.3 Å². The largest absolute Gasteiger partial charge is 0.416 e. The Labute approximate surface area is 229 Å². The van der Waals surface area contributed by atoms with Crippen molar-refractivity contribution in [2.24, 2.45) is 23.2 Å². The minimum absolute atomic E-state index is 0. The Bertz CT molecular complexity index is 1140. The first-order valence-electron chi connectivity index (χ1n) is 13.5. The highest BCUT2D eigenvalue weighted by atomic mass is 35.5. The molecular weight excluding hydrogens is 513 g/mol. The van der Waals surface area contributed by atoms with Crippen molar-refractivity contribution < 1.29 is 18.0 Å². The number of carbonyl (C=O) groups excluding carboxylic acids is 1. The van der Waals surface area contributed by atoms with Crippen LogP contribution in [0.25, 0.3) is 0 Å². The van der Waals surface area contributed by atoms with Gasteiger partial charge in [0.2, 0.25) is 5.91 Å². The van der Waals surface area contributed by atoms with Gasteiger partial charge >= 0.3 is 6.18 Å². The summed E-state index contributed by atoms with van der Waals surface area (Å²) in [6.45, 7) is 11.6. The lowest BCUT2D eigenvalue weighted by Crippen LogP contribution is -2.55. The van der Waals surface area contributed by atoms with Crippen LogP contribution in [0.2, 0.25) is 0 Å². The maximum Gasteiger partial charge on any atom is 0.416 e. The number of rotatable bonds is 5. The van der Waals surface area contributed by atoms with E-state index < -0.39 is 17.8 Å². The van der Waals surface area contributed by atoms with Crippen LogP contribution in [0.4, 0.5) is 13.2 Å². The predicted molar refractivity (Wildman–Crippen MR) is 144 cm³/mol. The number of hydrogen-bond donors (Lipinski definition) is 2. The van der Waals surface area contributed by atoms with E-state index in [4.69, 9.17) is 5.10 Å². The van der Waals surface area contributed by atoms with Gasteiger partial charge in [0.1, 0.15) is 0 Å². The lowest BCUT2D eigenvalue weighted by molar-refractivity contribution is -0.137. The van der Waals surface area contributed by atoms with Crippen LogP contribution in [0.3, 0.4) is 0 Å². The summed E-state index contributed by atoms with van der Waals surface area (Å²) in [4.78, 5) is 13.3. The lowest BCUT2D eigenvalue weighted by Gasteiger charge is -2.60. The number of aromatic nitrogens is 2. The molecule has 1 saturated heterocycles. The average molecular weight is 553 g/mol. The maximum atomic E-state index is 13.3. The van der Waals surface area contributed by atoms with Crippen LogP contribution < -0.4 is 10.6 Å². The summed E-state index contributed by atoms with van der Waals surface area (Å²) in [5.41, 5.74) is 1.07. The Morgan fingerprint density at radius 2 is 1.79 bits per heavy atom. The van der Waals surface area contributed by atoms with Gasteiger partial charge in [-0.1, -0.05) is 26.0 Å². The van der Waals surface area contributed by atoms with Gasteiger partial charge in [-0.25, -0.2) is 0 Å². The normalized spacial score (nSPS) is 30.3. The van der Waals surface area contributed by atoms with Crippen LogP contribution >= 0.6 is 12.4 Å². The Morgan fingerprint density at radius 3 is 2.34 bits per heavy atom. The molecule has 38 heavy (non-hydrogen) atoms. The van der Waals surface area contributed by atoms with Gasteiger partial charge in [0, 0.05) is 24.7 Å². The fraction of sp³-hybridized carbons (Fsp3) is 0.655. The number of alkyl halides is 3. The summed E-state index contributed by atoms with van der Waals surface area (Å²) >= 11 is 0. The van der Waals surface area contributed by atoms with Gasteiger partial charge in [0.25, 0.3) is 0 Å². The van der Waals surface area contributed by atoms with Crippen LogP contribution in [0, 0.1) is 23.2 Å². The summed E-state index contributed by atoms with van der Waals surface area (Å²) in [5, 5.41) is 11.5. The minimum atomic E-state index is -4.39. The number of halogens is 4. The van der Waals surface area contributed by atoms with Crippen molar-refractivity contribution in [1.82, 2.24) is 20.4 Å². The number of fused-ring (bicyclic) bond motifs is 2. The van der Waals surface area contributed by atoms with Gasteiger partial charge < -0.3 is 5.32 Å². The lowest BCUT2D eigenvalue weighted by atomic mass is 9.45. The molecule has 1 aromatic carbocycles.